The molecule has 4 fully saturated rings. The molecule has 27 nitrogen and oxygen atoms in total. The molecule has 0 spiro atoms. The van der Waals surface area contributed by atoms with Gasteiger partial charge in [-0.2, -0.15) is 0 Å². The van der Waals surface area contributed by atoms with E-state index in [0.29, 0.717) is 37.6 Å². The molecule has 0 bridgehead atoms. The Morgan fingerprint density at radius 2 is 1.42 bits per heavy atom. The molecular weight excluding hydrogens is 1010 g/mol. The minimum absolute atomic E-state index is 0.0308. The molecule has 2 aromatic carbocycles. The molecule has 0 unspecified atom stereocenters. The summed E-state index contributed by atoms with van der Waals surface area (Å²) in [5.41, 5.74) is 0.125. The van der Waals surface area contributed by atoms with Gasteiger partial charge in [0.1, 0.15) is 85.4 Å². The van der Waals surface area contributed by atoms with E-state index in [2.05, 4.69) is 22.5 Å². The van der Waals surface area contributed by atoms with Crippen molar-refractivity contribution in [1.29, 1.82) is 0 Å². The highest BCUT2D eigenvalue weighted by Gasteiger charge is 2.61. The number of carbonyl (C=O) groups excluding carboxylic acids is 3. The number of ether oxygens (including phenoxy) is 8. The number of hydrogen-bond donors (Lipinski definition) is 15. The van der Waals surface area contributed by atoms with Gasteiger partial charge in [0.05, 0.1) is 38.1 Å². The van der Waals surface area contributed by atoms with Gasteiger partial charge in [-0.1, -0.05) is 49.8 Å². The largest absolute Gasteiger partial charge is 0.477 e. The van der Waals surface area contributed by atoms with Crippen LogP contribution in [0, 0.1) is 0 Å². The zero-order chi connectivity index (χ0) is 55.6. The lowest BCUT2D eigenvalue weighted by atomic mass is 9.88. The molecular formula is C49H71N3O24. The summed E-state index contributed by atoms with van der Waals surface area (Å²) < 4.78 is 48.5. The monoisotopic (exact) mass is 1090 g/mol. The van der Waals surface area contributed by atoms with E-state index in [0.717, 1.165) is 18.4 Å². The molecule has 4 heterocycles. The lowest BCUT2D eigenvalue weighted by Gasteiger charge is -2.51. The number of aliphatic hydroxyl groups is 11. The summed E-state index contributed by atoms with van der Waals surface area (Å²) in [7, 11) is 0. The van der Waals surface area contributed by atoms with Gasteiger partial charge in [0.15, 0.2) is 18.9 Å². The number of carboxylic acids is 1. The zero-order valence-corrected chi connectivity index (χ0v) is 41.7. The molecule has 0 saturated carbocycles. The number of aliphatic carboxylic acids is 1. The third-order valence-electron chi connectivity index (χ3n) is 13.7. The zero-order valence-electron chi connectivity index (χ0n) is 41.7. The molecule has 426 valence electrons. The van der Waals surface area contributed by atoms with Crippen molar-refractivity contribution < 1.29 is 118 Å². The minimum Gasteiger partial charge on any atom is -0.477 e. The average Bonchev–Trinajstić information content (AvgIpc) is 3.40. The predicted octanol–water partition coefficient (Wildman–Crippen LogP) is -4.89. The van der Waals surface area contributed by atoms with Crippen LogP contribution >= 0.6 is 0 Å². The Morgan fingerprint density at radius 3 is 2.08 bits per heavy atom. The molecule has 0 aliphatic carbocycles. The summed E-state index contributed by atoms with van der Waals surface area (Å²) in [5, 5.41) is 140. The Balaban J connectivity index is 1.36. The van der Waals surface area contributed by atoms with Gasteiger partial charge in [0.25, 0.3) is 11.7 Å². The SMILES string of the molecule is C=CC(=O)NCCCCCCO[C@@H]1O[C@@H](CO)[C@@H](O[C@@H]2O[C@@H](CO)[C@H](O)[C@H](O[C@]3(C(=O)O)C[C@@H](O)[C@@H](NC(C)=O)[C@H]([C@H](O)[C@H](O)CO)O3)[C@@H]2O)[C@H](O[C@@H]2O[C@@H](C)[C@@H](O)[C@H](O)[C@@H]2O)[C@@H]1NC(=O)c1ccc2ccccc2c1. The van der Waals surface area contributed by atoms with Crippen molar-refractivity contribution in [3.05, 3.63) is 60.7 Å². The molecule has 3 amide bonds. The Bertz CT molecular complexity index is 2250. The number of hydrogen-bond acceptors (Lipinski definition) is 23. The van der Waals surface area contributed by atoms with Crippen LogP contribution in [-0.2, 0) is 52.3 Å². The van der Waals surface area contributed by atoms with Crippen LogP contribution in [0.4, 0.5) is 0 Å². The van der Waals surface area contributed by atoms with Crippen molar-refractivity contribution in [2.45, 2.75) is 174 Å². The molecule has 0 aromatic heterocycles. The number of aliphatic hydroxyl groups excluding tert-OH is 11. The van der Waals surface area contributed by atoms with Crippen molar-refractivity contribution >= 4 is 34.5 Å². The number of fused-ring (bicyclic) bond motifs is 1. The summed E-state index contributed by atoms with van der Waals surface area (Å²) in [4.78, 5) is 51.3. The van der Waals surface area contributed by atoms with Crippen LogP contribution in [0.2, 0.25) is 0 Å². The molecule has 76 heavy (non-hydrogen) atoms. The molecule has 15 N–H and O–H groups in total. The van der Waals surface area contributed by atoms with E-state index in [1.807, 2.05) is 12.1 Å². The number of benzene rings is 2. The summed E-state index contributed by atoms with van der Waals surface area (Å²) in [6.45, 7) is 3.06. The first-order chi connectivity index (χ1) is 36.2. The topological polar surface area (TPSA) is 421 Å². The van der Waals surface area contributed by atoms with Crippen LogP contribution in [0.3, 0.4) is 0 Å². The first-order valence-corrected chi connectivity index (χ1v) is 24.9. The van der Waals surface area contributed by atoms with Gasteiger partial charge < -0.3 is 115 Å². The molecule has 0 radical (unpaired) electrons. The fraction of sp³-hybridized carbons (Fsp3) is 0.673. The summed E-state index contributed by atoms with van der Waals surface area (Å²) in [6, 6.07) is 8.83. The number of nitrogens with one attached hydrogen (secondary N) is 3. The highest BCUT2D eigenvalue weighted by Crippen LogP contribution is 2.39. The second kappa shape index (κ2) is 27.4. The minimum atomic E-state index is -3.16. The van der Waals surface area contributed by atoms with E-state index in [1.54, 1.807) is 24.3 Å². The van der Waals surface area contributed by atoms with E-state index in [4.69, 9.17) is 37.9 Å². The van der Waals surface area contributed by atoms with Gasteiger partial charge in [-0.25, -0.2) is 4.79 Å². The van der Waals surface area contributed by atoms with Gasteiger partial charge in [0.2, 0.25) is 11.8 Å². The molecule has 2 aromatic rings. The Hall–Kier alpha value is -4.44. The van der Waals surface area contributed by atoms with Crippen LogP contribution in [0.25, 0.3) is 10.8 Å². The molecule has 4 aliphatic rings. The first kappa shape index (κ1) is 60.8. The number of carboxylic acid groups (broad SMARTS) is 1. The predicted molar refractivity (Wildman–Crippen MR) is 256 cm³/mol. The highest BCUT2D eigenvalue weighted by molar-refractivity contribution is 5.98. The van der Waals surface area contributed by atoms with Crippen LogP contribution in [0.5, 0.6) is 0 Å². The second-order valence-electron chi connectivity index (χ2n) is 19.1. The Labute approximate surface area is 435 Å². The number of rotatable bonds is 24. The van der Waals surface area contributed by atoms with Crippen molar-refractivity contribution in [3.63, 3.8) is 0 Å². The smallest absolute Gasteiger partial charge is 0.364 e. The standard InChI is InChI=1S/C49H71N3O24/c1-4-31(59)50-15-9-5-6-10-16-69-45-33(52-44(66)26-14-13-24-11-7-8-12-25(24)17-26)42(74-46-38(64)37(63)34(60)22(2)70-46)40(30(21-55)72-45)73-47-39(65)43(36(62)29(20-54)71-47)76-49(48(67)68)18-27(57)32(51-23(3)56)41(75-49)35(61)28(58)19-53/h4,7-8,11-14,17,22,27-30,32-43,45-47,53-55,57-58,60-65H,1,5-6,9-10,15-16,18-21H2,2-3H3,(H,50,59)(H,51,56)(H,52,66)(H,67,68)/t22-,27+,28+,29-,30-,32+,33-,34+,35+,36-,37-,38-,39-,40+,41+,42+,43-,45+,46-,47-,49-/m0/s1. The molecule has 4 saturated heterocycles. The second-order valence-corrected chi connectivity index (χ2v) is 19.1. The average molecular weight is 1090 g/mol. The van der Waals surface area contributed by atoms with E-state index in [1.165, 1.54) is 13.0 Å². The molecule has 21 atom stereocenters. The summed E-state index contributed by atoms with van der Waals surface area (Å²) in [6.07, 6.45) is -31.8. The molecule has 6 rings (SSSR count). The number of carbonyl (C=O) groups is 4. The lowest BCUT2D eigenvalue weighted by molar-refractivity contribution is -0.391. The van der Waals surface area contributed by atoms with Crippen LogP contribution in [0.15, 0.2) is 55.1 Å². The van der Waals surface area contributed by atoms with E-state index in [9.17, 15) is 80.5 Å². The summed E-state index contributed by atoms with van der Waals surface area (Å²) in [5.74, 6) is -7.03. The van der Waals surface area contributed by atoms with Crippen molar-refractivity contribution in [2.75, 3.05) is 33.0 Å². The van der Waals surface area contributed by atoms with E-state index >= 15 is 0 Å². The number of unbranched alkanes of at least 4 members (excludes halogenated alkanes) is 3. The third-order valence-corrected chi connectivity index (χ3v) is 13.7. The first-order valence-electron chi connectivity index (χ1n) is 24.9. The van der Waals surface area contributed by atoms with Crippen molar-refractivity contribution in [2.24, 2.45) is 0 Å². The van der Waals surface area contributed by atoms with Gasteiger partial charge in [-0.3, -0.25) is 14.4 Å². The van der Waals surface area contributed by atoms with Gasteiger partial charge in [-0.15, -0.1) is 0 Å². The van der Waals surface area contributed by atoms with E-state index in [-0.39, 0.29) is 18.1 Å². The Morgan fingerprint density at radius 1 is 0.763 bits per heavy atom. The van der Waals surface area contributed by atoms with Crippen LogP contribution in [0.1, 0.15) is 56.3 Å². The maximum Gasteiger partial charge on any atom is 0.364 e. The lowest BCUT2D eigenvalue weighted by Crippen LogP contribution is -2.71. The number of amides is 3. The maximum atomic E-state index is 14.4. The van der Waals surface area contributed by atoms with Crippen molar-refractivity contribution in [3.8, 4) is 0 Å². The fourth-order valence-corrected chi connectivity index (χ4v) is 9.51. The Kier molecular flexibility index (Phi) is 21.9. The highest BCUT2D eigenvalue weighted by atomic mass is 16.8. The van der Waals surface area contributed by atoms with Gasteiger partial charge in [-0.05, 0) is 48.7 Å². The van der Waals surface area contributed by atoms with E-state index < -0.39 is 172 Å². The van der Waals surface area contributed by atoms with Crippen LogP contribution < -0.4 is 16.0 Å². The normalized spacial score (nSPS) is 36.6. The van der Waals surface area contributed by atoms with Gasteiger partial charge >= 0.3 is 5.97 Å². The molecule has 4 aliphatic heterocycles. The third kappa shape index (κ3) is 14.2. The molecule has 27 heteroatoms. The summed E-state index contributed by atoms with van der Waals surface area (Å²) >= 11 is 0. The quantitative estimate of drug-likeness (QED) is 0.0346. The van der Waals surface area contributed by atoms with Crippen LogP contribution in [-0.4, -0.2) is 246 Å². The van der Waals surface area contributed by atoms with Crippen molar-refractivity contribution in [1.82, 2.24) is 16.0 Å². The van der Waals surface area contributed by atoms with Gasteiger partial charge in [0, 0.05) is 32.1 Å². The maximum absolute atomic E-state index is 14.4. The fourth-order valence-electron chi connectivity index (χ4n) is 9.51.